The summed E-state index contributed by atoms with van der Waals surface area (Å²) >= 11 is 0. The van der Waals surface area contributed by atoms with Crippen LogP contribution in [0.2, 0.25) is 0 Å². The summed E-state index contributed by atoms with van der Waals surface area (Å²) < 4.78 is 5.25. The van der Waals surface area contributed by atoms with Crippen LogP contribution in [-0.4, -0.2) is 62.7 Å². The number of rotatable bonds is 11. The summed E-state index contributed by atoms with van der Waals surface area (Å²) in [4.78, 5) is 29.1. The van der Waals surface area contributed by atoms with Crippen molar-refractivity contribution >= 4 is 11.8 Å². The summed E-state index contributed by atoms with van der Waals surface area (Å²) in [7, 11) is 5.27. The highest BCUT2D eigenvalue weighted by atomic mass is 16.5. The summed E-state index contributed by atoms with van der Waals surface area (Å²) in [5.41, 5.74) is 1.18. The van der Waals surface area contributed by atoms with Gasteiger partial charge in [0, 0.05) is 19.6 Å². The Morgan fingerprint density at radius 1 is 1.06 bits per heavy atom. The minimum absolute atomic E-state index is 0.103. The molecular weight excluding hydrogens is 426 g/mol. The molecule has 1 rings (SSSR count). The van der Waals surface area contributed by atoms with Gasteiger partial charge in [0.05, 0.1) is 18.7 Å². The first-order valence-electron chi connectivity index (χ1n) is 12.1. The molecule has 0 aliphatic heterocycles. The van der Waals surface area contributed by atoms with Gasteiger partial charge in [-0.25, -0.2) is 0 Å². The summed E-state index contributed by atoms with van der Waals surface area (Å²) in [6.07, 6.45) is 2.09. The van der Waals surface area contributed by atoms with Gasteiger partial charge in [0.25, 0.3) is 0 Å². The maximum absolute atomic E-state index is 13.8. The topological polar surface area (TPSA) is 70.7 Å². The molecule has 0 saturated heterocycles. The third-order valence-corrected chi connectivity index (χ3v) is 6.50. The van der Waals surface area contributed by atoms with Crippen LogP contribution < -0.4 is 10.6 Å². The first-order chi connectivity index (χ1) is 15.7. The molecule has 0 aliphatic carbocycles. The molecule has 0 radical (unpaired) electrons. The van der Waals surface area contributed by atoms with Crippen LogP contribution in [0.5, 0.6) is 0 Å². The Balaban J connectivity index is 3.25. The maximum atomic E-state index is 13.8. The van der Waals surface area contributed by atoms with E-state index in [9.17, 15) is 9.59 Å². The summed E-state index contributed by atoms with van der Waals surface area (Å²) in [6.45, 7) is 16.7. The number of hydrogen-bond acceptors (Lipinski definition) is 4. The van der Waals surface area contributed by atoms with Gasteiger partial charge >= 0.3 is 0 Å². The zero-order valence-electron chi connectivity index (χ0n) is 23.2. The van der Waals surface area contributed by atoms with E-state index in [-0.39, 0.29) is 23.8 Å². The first-order valence-corrected chi connectivity index (χ1v) is 12.1. The molecule has 0 bridgehead atoms. The van der Waals surface area contributed by atoms with Crippen molar-refractivity contribution in [3.63, 3.8) is 0 Å². The van der Waals surface area contributed by atoms with Gasteiger partial charge in [0.2, 0.25) is 11.8 Å². The summed E-state index contributed by atoms with van der Waals surface area (Å²) in [5.74, 6) is -0.0854. The average molecular weight is 474 g/mol. The lowest BCUT2D eigenvalue weighted by molar-refractivity contribution is -0.140. The second-order valence-corrected chi connectivity index (χ2v) is 11.2. The zero-order valence-corrected chi connectivity index (χ0v) is 23.2. The van der Waals surface area contributed by atoms with E-state index < -0.39 is 22.9 Å². The van der Waals surface area contributed by atoms with Crippen LogP contribution in [0.3, 0.4) is 0 Å². The predicted molar refractivity (Wildman–Crippen MR) is 141 cm³/mol. The molecular formula is C28H47N3O3. The van der Waals surface area contributed by atoms with Crippen LogP contribution in [0, 0.1) is 11.3 Å². The fourth-order valence-corrected chi connectivity index (χ4v) is 4.40. The van der Waals surface area contributed by atoms with Gasteiger partial charge in [0.15, 0.2) is 0 Å². The molecule has 34 heavy (non-hydrogen) atoms. The van der Waals surface area contributed by atoms with Crippen LogP contribution >= 0.6 is 0 Å². The van der Waals surface area contributed by atoms with Gasteiger partial charge in [-0.05, 0) is 36.4 Å². The number of carbonyl (C=O) groups excluding carboxylic acids is 2. The minimum atomic E-state index is -0.676. The largest absolute Gasteiger partial charge is 0.380 e. The molecule has 192 valence electrons. The fraction of sp³-hybridized carbons (Fsp3) is 0.643. The Morgan fingerprint density at radius 3 is 2.06 bits per heavy atom. The Morgan fingerprint density at radius 2 is 1.62 bits per heavy atom. The van der Waals surface area contributed by atoms with Crippen LogP contribution in [0.1, 0.15) is 61.0 Å². The minimum Gasteiger partial charge on any atom is -0.380 e. The maximum Gasteiger partial charge on any atom is 0.245 e. The molecule has 0 aromatic heterocycles. The van der Waals surface area contributed by atoms with Gasteiger partial charge < -0.3 is 20.3 Å². The number of methoxy groups -OCH3 is 1. The van der Waals surface area contributed by atoms with E-state index in [0.717, 1.165) is 11.1 Å². The number of benzene rings is 1. The number of carbonyl (C=O) groups is 2. The lowest BCUT2D eigenvalue weighted by Crippen LogP contribution is -2.61. The molecule has 0 saturated carbocycles. The molecule has 3 atom stereocenters. The Hall–Kier alpha value is -2.18. The fourth-order valence-electron chi connectivity index (χ4n) is 4.40. The van der Waals surface area contributed by atoms with Gasteiger partial charge in [-0.1, -0.05) is 84.9 Å². The standard InChI is InChI=1S/C28H47N3O3/c1-19(2)22(17-20(3)18-34-11)31(10)26(33)24(27(4,5)6)30-25(32)23(29-9)28(7,8)21-15-13-12-14-16-21/h12-17,19,22-24,29H,18H2,1-11H3,(H,30,32)/b20-17+/t22-,23-,24?/m1/s1. The van der Waals surface area contributed by atoms with Crippen molar-refractivity contribution < 1.29 is 14.3 Å². The van der Waals surface area contributed by atoms with Crippen molar-refractivity contribution in [2.75, 3.05) is 27.8 Å². The predicted octanol–water partition coefficient (Wildman–Crippen LogP) is 4.16. The number of hydrogen-bond donors (Lipinski definition) is 2. The van der Waals surface area contributed by atoms with Crippen molar-refractivity contribution in [3.05, 3.63) is 47.5 Å². The molecule has 0 aliphatic rings. The number of ether oxygens (including phenoxy) is 1. The van der Waals surface area contributed by atoms with Crippen molar-refractivity contribution in [2.45, 2.75) is 78.9 Å². The Bertz CT molecular complexity index is 825. The van der Waals surface area contributed by atoms with Crippen molar-refractivity contribution in [1.29, 1.82) is 0 Å². The van der Waals surface area contributed by atoms with E-state index in [2.05, 4.69) is 30.6 Å². The van der Waals surface area contributed by atoms with E-state index in [0.29, 0.717) is 6.61 Å². The molecule has 1 aromatic rings. The highest BCUT2D eigenvalue weighted by molar-refractivity contribution is 5.91. The molecule has 0 heterocycles. The molecule has 6 nitrogen and oxygen atoms in total. The van der Waals surface area contributed by atoms with Crippen LogP contribution in [0.15, 0.2) is 42.0 Å². The van der Waals surface area contributed by atoms with Crippen molar-refractivity contribution in [3.8, 4) is 0 Å². The molecule has 0 spiro atoms. The number of likely N-dealkylation sites (N-methyl/N-ethyl adjacent to an activating group) is 2. The van der Waals surface area contributed by atoms with Gasteiger partial charge in [-0.3, -0.25) is 9.59 Å². The second kappa shape index (κ2) is 12.5. The summed E-state index contributed by atoms with van der Waals surface area (Å²) in [5, 5.41) is 6.29. The quantitative estimate of drug-likeness (QED) is 0.474. The average Bonchev–Trinajstić information content (AvgIpc) is 2.75. The summed E-state index contributed by atoms with van der Waals surface area (Å²) in [6, 6.07) is 8.68. The highest BCUT2D eigenvalue weighted by Gasteiger charge is 2.41. The van der Waals surface area contributed by atoms with Crippen LogP contribution in [0.4, 0.5) is 0 Å². The molecule has 0 fully saturated rings. The molecule has 2 amide bonds. The van der Waals surface area contributed by atoms with Crippen molar-refractivity contribution in [2.24, 2.45) is 11.3 Å². The number of nitrogens with one attached hydrogen (secondary N) is 2. The van der Waals surface area contributed by atoms with E-state index in [1.54, 1.807) is 19.1 Å². The first kappa shape index (κ1) is 29.9. The van der Waals surface area contributed by atoms with Crippen LogP contribution in [-0.2, 0) is 19.7 Å². The van der Waals surface area contributed by atoms with Gasteiger partial charge in [0.1, 0.15) is 6.04 Å². The molecule has 6 heteroatoms. The van der Waals surface area contributed by atoms with Crippen molar-refractivity contribution in [1.82, 2.24) is 15.5 Å². The van der Waals surface area contributed by atoms with E-state index in [4.69, 9.17) is 4.74 Å². The monoisotopic (exact) mass is 473 g/mol. The highest BCUT2D eigenvalue weighted by Crippen LogP contribution is 2.29. The number of amides is 2. The third kappa shape index (κ3) is 7.67. The lowest BCUT2D eigenvalue weighted by atomic mass is 9.76. The molecule has 2 N–H and O–H groups in total. The number of nitrogens with zero attached hydrogens (tertiary/aromatic N) is 1. The van der Waals surface area contributed by atoms with E-state index in [1.165, 1.54) is 0 Å². The van der Waals surface area contributed by atoms with Crippen LogP contribution in [0.25, 0.3) is 0 Å². The molecule has 1 aromatic carbocycles. The van der Waals surface area contributed by atoms with E-state index in [1.807, 2.05) is 78.9 Å². The zero-order chi connectivity index (χ0) is 26.3. The normalized spacial score (nSPS) is 15.6. The Labute approximate surface area is 207 Å². The lowest BCUT2D eigenvalue weighted by Gasteiger charge is -2.40. The Kier molecular flexibility index (Phi) is 11.0. The van der Waals surface area contributed by atoms with E-state index >= 15 is 0 Å². The van der Waals surface area contributed by atoms with Gasteiger partial charge in [-0.2, -0.15) is 0 Å². The van der Waals surface area contributed by atoms with Gasteiger partial charge in [-0.15, -0.1) is 0 Å². The SMILES string of the molecule is CN[C@H](C(=O)NC(C(=O)N(C)[C@H](/C=C(\C)COC)C(C)C)C(C)(C)C)C(C)(C)c1ccccc1. The smallest absolute Gasteiger partial charge is 0.245 e. The third-order valence-electron chi connectivity index (χ3n) is 6.50. The second-order valence-electron chi connectivity index (χ2n) is 11.2. The molecule has 1 unspecified atom stereocenters.